The third-order valence-electron chi connectivity index (χ3n) is 4.22. The van der Waals surface area contributed by atoms with E-state index in [-0.39, 0.29) is 10.6 Å². The average molecular weight is 450 g/mol. The van der Waals surface area contributed by atoms with Crippen LogP contribution in [0.2, 0.25) is 0 Å². The Morgan fingerprint density at radius 2 is 1.58 bits per heavy atom. The molecule has 1 amide bonds. The van der Waals surface area contributed by atoms with Gasteiger partial charge in [0, 0.05) is 11.4 Å². The molecule has 0 bridgehead atoms. The Morgan fingerprint density at radius 1 is 0.903 bits per heavy atom. The number of nitrogens with one attached hydrogen (secondary N) is 2. The summed E-state index contributed by atoms with van der Waals surface area (Å²) in [5.41, 5.74) is -0.563. The number of ether oxygens (including phenoxy) is 1. The van der Waals surface area contributed by atoms with Crippen molar-refractivity contribution in [2.45, 2.75) is 11.1 Å². The van der Waals surface area contributed by atoms with Crippen LogP contribution in [-0.2, 0) is 16.2 Å². The van der Waals surface area contributed by atoms with Gasteiger partial charge < -0.3 is 10.1 Å². The molecule has 0 atom stereocenters. The minimum absolute atomic E-state index is 0.180. The molecule has 3 aromatic carbocycles. The molecule has 0 aliphatic rings. The topological polar surface area (TPSA) is 84.5 Å². The third kappa shape index (κ3) is 5.34. The molecule has 0 heterocycles. The molecule has 0 unspecified atom stereocenters. The Kier molecular flexibility index (Phi) is 6.21. The highest BCUT2D eigenvalue weighted by atomic mass is 32.2. The summed E-state index contributed by atoms with van der Waals surface area (Å²) >= 11 is 0. The number of methoxy groups -OCH3 is 1. The fraction of sp³-hybridized carbons (Fsp3) is 0.0952. The van der Waals surface area contributed by atoms with Gasteiger partial charge in [-0.15, -0.1) is 0 Å². The van der Waals surface area contributed by atoms with E-state index in [9.17, 15) is 26.4 Å². The van der Waals surface area contributed by atoms with Gasteiger partial charge in [-0.05, 0) is 54.6 Å². The van der Waals surface area contributed by atoms with Crippen LogP contribution >= 0.6 is 0 Å². The monoisotopic (exact) mass is 450 g/mol. The number of anilines is 2. The summed E-state index contributed by atoms with van der Waals surface area (Å²) in [5.74, 6) is -0.0698. The average Bonchev–Trinajstić information content (AvgIpc) is 2.73. The Balaban J connectivity index is 1.75. The summed E-state index contributed by atoms with van der Waals surface area (Å²) in [6, 6.07) is 15.7. The predicted octanol–water partition coefficient (Wildman–Crippen LogP) is 4.77. The van der Waals surface area contributed by atoms with Gasteiger partial charge in [0.1, 0.15) is 5.75 Å². The third-order valence-corrected chi connectivity index (χ3v) is 5.61. The second-order valence-corrected chi connectivity index (χ2v) is 8.05. The maximum absolute atomic E-state index is 12.8. The van der Waals surface area contributed by atoms with Crippen molar-refractivity contribution in [1.29, 1.82) is 0 Å². The van der Waals surface area contributed by atoms with E-state index in [4.69, 9.17) is 4.74 Å². The fourth-order valence-corrected chi connectivity index (χ4v) is 3.77. The highest BCUT2D eigenvalue weighted by Crippen LogP contribution is 2.31. The van der Waals surface area contributed by atoms with Gasteiger partial charge in [-0.2, -0.15) is 13.2 Å². The zero-order valence-corrected chi connectivity index (χ0v) is 16.9. The number of hydrogen-bond acceptors (Lipinski definition) is 4. The number of halogens is 3. The molecule has 10 heteroatoms. The molecule has 0 fully saturated rings. The predicted molar refractivity (Wildman–Crippen MR) is 110 cm³/mol. The van der Waals surface area contributed by atoms with Gasteiger partial charge in [-0.1, -0.05) is 18.2 Å². The summed E-state index contributed by atoms with van der Waals surface area (Å²) in [7, 11) is -2.70. The molecule has 2 N–H and O–H groups in total. The second kappa shape index (κ2) is 8.68. The number of sulfonamides is 1. The van der Waals surface area contributed by atoms with Gasteiger partial charge in [-0.25, -0.2) is 8.42 Å². The van der Waals surface area contributed by atoms with Gasteiger partial charge in [0.25, 0.3) is 15.9 Å². The molecule has 31 heavy (non-hydrogen) atoms. The Hall–Kier alpha value is -3.53. The number of carbonyl (C=O) groups excluding carboxylic acids is 1. The number of amides is 1. The van der Waals surface area contributed by atoms with Crippen molar-refractivity contribution >= 4 is 27.3 Å². The summed E-state index contributed by atoms with van der Waals surface area (Å²) in [6.07, 6.45) is -4.59. The highest BCUT2D eigenvalue weighted by molar-refractivity contribution is 7.92. The van der Waals surface area contributed by atoms with Crippen molar-refractivity contribution in [3.05, 3.63) is 83.9 Å². The van der Waals surface area contributed by atoms with E-state index in [2.05, 4.69) is 10.0 Å². The minimum atomic E-state index is -4.59. The maximum Gasteiger partial charge on any atom is 0.416 e. The Bertz CT molecular complexity index is 1190. The Morgan fingerprint density at radius 3 is 2.23 bits per heavy atom. The van der Waals surface area contributed by atoms with Gasteiger partial charge in [0.05, 0.1) is 23.1 Å². The lowest BCUT2D eigenvalue weighted by atomic mass is 10.2. The first kappa shape index (κ1) is 22.2. The fourth-order valence-electron chi connectivity index (χ4n) is 2.72. The van der Waals surface area contributed by atoms with Crippen LogP contribution in [0.1, 0.15) is 15.9 Å². The van der Waals surface area contributed by atoms with E-state index in [0.29, 0.717) is 23.1 Å². The number of hydrogen-bond donors (Lipinski definition) is 2. The zero-order valence-electron chi connectivity index (χ0n) is 16.1. The van der Waals surface area contributed by atoms with E-state index in [1.54, 1.807) is 24.3 Å². The van der Waals surface area contributed by atoms with Crippen molar-refractivity contribution < 1.29 is 31.1 Å². The molecule has 0 spiro atoms. The van der Waals surface area contributed by atoms with Crippen LogP contribution in [-0.4, -0.2) is 21.4 Å². The summed E-state index contributed by atoms with van der Waals surface area (Å²) in [5, 5.41) is 2.63. The van der Waals surface area contributed by atoms with Crippen molar-refractivity contribution in [3.63, 3.8) is 0 Å². The van der Waals surface area contributed by atoms with Gasteiger partial charge in [0.2, 0.25) is 0 Å². The van der Waals surface area contributed by atoms with E-state index < -0.39 is 27.7 Å². The zero-order chi connectivity index (χ0) is 22.6. The van der Waals surface area contributed by atoms with Crippen LogP contribution in [0.4, 0.5) is 24.5 Å². The second-order valence-electron chi connectivity index (χ2n) is 6.36. The minimum Gasteiger partial charge on any atom is -0.496 e. The number of rotatable bonds is 6. The van der Waals surface area contributed by atoms with Crippen LogP contribution in [0.5, 0.6) is 5.75 Å². The van der Waals surface area contributed by atoms with Crippen molar-refractivity contribution in [2.24, 2.45) is 0 Å². The molecule has 6 nitrogen and oxygen atoms in total. The molecular weight excluding hydrogens is 433 g/mol. The molecule has 0 aromatic heterocycles. The van der Waals surface area contributed by atoms with E-state index in [1.165, 1.54) is 37.4 Å². The number of alkyl halides is 3. The maximum atomic E-state index is 12.8. The molecule has 0 aliphatic carbocycles. The molecule has 0 saturated carbocycles. The van der Waals surface area contributed by atoms with Gasteiger partial charge >= 0.3 is 6.18 Å². The highest BCUT2D eigenvalue weighted by Gasteiger charge is 2.30. The number of para-hydroxylation sites is 1. The summed E-state index contributed by atoms with van der Waals surface area (Å²) in [4.78, 5) is 12.2. The van der Waals surface area contributed by atoms with Crippen molar-refractivity contribution in [3.8, 4) is 5.75 Å². The lowest BCUT2D eigenvalue weighted by molar-refractivity contribution is -0.137. The summed E-state index contributed by atoms with van der Waals surface area (Å²) < 4.78 is 70.7. The van der Waals surface area contributed by atoms with E-state index in [1.807, 2.05) is 0 Å². The quantitative estimate of drug-likeness (QED) is 0.567. The lowest BCUT2D eigenvalue weighted by Gasteiger charge is -2.12. The van der Waals surface area contributed by atoms with E-state index in [0.717, 1.165) is 12.1 Å². The smallest absolute Gasteiger partial charge is 0.416 e. The molecule has 0 aliphatic heterocycles. The molecule has 3 aromatic rings. The molecule has 0 radical (unpaired) electrons. The molecular formula is C21H17F3N2O4S. The first-order valence-corrected chi connectivity index (χ1v) is 10.3. The lowest BCUT2D eigenvalue weighted by Crippen LogP contribution is -2.15. The number of benzene rings is 3. The van der Waals surface area contributed by atoms with E-state index >= 15 is 0 Å². The van der Waals surface area contributed by atoms with Crippen LogP contribution in [0.3, 0.4) is 0 Å². The first-order valence-electron chi connectivity index (χ1n) is 8.85. The molecule has 3 rings (SSSR count). The van der Waals surface area contributed by atoms with Gasteiger partial charge in [-0.3, -0.25) is 9.52 Å². The molecule has 162 valence electrons. The van der Waals surface area contributed by atoms with Crippen LogP contribution in [0.15, 0.2) is 77.7 Å². The summed E-state index contributed by atoms with van der Waals surface area (Å²) in [6.45, 7) is 0. The Labute approximate surface area is 176 Å². The SMILES string of the molecule is COc1ccccc1C(=O)Nc1ccc(S(=O)(=O)Nc2cccc(C(F)(F)F)c2)cc1. The standard InChI is InChI=1S/C21H17F3N2O4S/c1-30-19-8-3-2-7-18(19)20(27)25-15-9-11-17(12-10-15)31(28,29)26-16-6-4-5-14(13-16)21(22,23)24/h2-13,26H,1H3,(H,25,27). The largest absolute Gasteiger partial charge is 0.496 e. The molecule has 0 saturated heterocycles. The normalized spacial score (nSPS) is 11.6. The first-order chi connectivity index (χ1) is 14.6. The van der Waals surface area contributed by atoms with Crippen LogP contribution in [0, 0.1) is 0 Å². The van der Waals surface area contributed by atoms with Crippen molar-refractivity contribution in [2.75, 3.05) is 17.1 Å². The van der Waals surface area contributed by atoms with Crippen molar-refractivity contribution in [1.82, 2.24) is 0 Å². The number of carbonyl (C=O) groups is 1. The van der Waals surface area contributed by atoms with Crippen LogP contribution in [0.25, 0.3) is 0 Å². The van der Waals surface area contributed by atoms with Gasteiger partial charge in [0.15, 0.2) is 0 Å². The van der Waals surface area contributed by atoms with Crippen LogP contribution < -0.4 is 14.8 Å².